The van der Waals surface area contributed by atoms with Crippen LogP contribution >= 0.6 is 27.5 Å². The zero-order valence-electron chi connectivity index (χ0n) is 10.7. The van der Waals surface area contributed by atoms with Crippen LogP contribution in [0.4, 0.5) is 0 Å². The van der Waals surface area contributed by atoms with E-state index in [1.54, 1.807) is 0 Å². The fourth-order valence-corrected chi connectivity index (χ4v) is 3.25. The number of rotatable bonds is 4. The highest BCUT2D eigenvalue weighted by molar-refractivity contribution is 9.09. The molecular formula is C14H18BrClO2. The number of hydrogen-bond acceptors (Lipinski definition) is 2. The van der Waals surface area contributed by atoms with Gasteiger partial charge in [-0.1, -0.05) is 47.8 Å². The van der Waals surface area contributed by atoms with E-state index in [-0.39, 0.29) is 4.83 Å². The number of hydrogen-bond donors (Lipinski definition) is 0. The Balaban J connectivity index is 2.27. The van der Waals surface area contributed by atoms with Crippen LogP contribution in [0.25, 0.3) is 0 Å². The standard InChI is InChI=1S/C14H18BrClO2/c1-3-4-9(2)14(15)10-7-12-13(8-11(10)16)18-6-5-17-12/h7-9,14H,3-6H2,1-2H3. The average molecular weight is 334 g/mol. The predicted molar refractivity (Wildman–Crippen MR) is 78.2 cm³/mol. The molecule has 0 saturated carbocycles. The summed E-state index contributed by atoms with van der Waals surface area (Å²) in [4.78, 5) is 0.251. The van der Waals surface area contributed by atoms with E-state index < -0.39 is 0 Å². The van der Waals surface area contributed by atoms with Crippen LogP contribution in [-0.2, 0) is 0 Å². The number of fused-ring (bicyclic) bond motifs is 1. The molecule has 1 aliphatic rings. The van der Waals surface area contributed by atoms with Crippen molar-refractivity contribution in [3.63, 3.8) is 0 Å². The molecule has 0 fully saturated rings. The Morgan fingerprint density at radius 1 is 1.28 bits per heavy atom. The van der Waals surface area contributed by atoms with E-state index in [9.17, 15) is 0 Å². The lowest BCUT2D eigenvalue weighted by molar-refractivity contribution is 0.171. The van der Waals surface area contributed by atoms with Crippen LogP contribution in [0.2, 0.25) is 5.02 Å². The molecule has 0 aromatic heterocycles. The van der Waals surface area contributed by atoms with E-state index in [0.717, 1.165) is 22.1 Å². The molecule has 2 unspecified atom stereocenters. The van der Waals surface area contributed by atoms with Gasteiger partial charge in [-0.25, -0.2) is 0 Å². The highest BCUT2D eigenvalue weighted by Crippen LogP contribution is 2.43. The fourth-order valence-electron chi connectivity index (χ4n) is 2.20. The van der Waals surface area contributed by atoms with Gasteiger partial charge in [0.1, 0.15) is 13.2 Å². The van der Waals surface area contributed by atoms with E-state index in [0.29, 0.717) is 19.1 Å². The van der Waals surface area contributed by atoms with Crippen LogP contribution in [0, 0.1) is 5.92 Å². The zero-order chi connectivity index (χ0) is 13.1. The maximum atomic E-state index is 6.33. The van der Waals surface area contributed by atoms with E-state index in [2.05, 4.69) is 29.8 Å². The first-order chi connectivity index (χ1) is 8.63. The molecule has 18 heavy (non-hydrogen) atoms. The maximum Gasteiger partial charge on any atom is 0.162 e. The molecule has 0 radical (unpaired) electrons. The normalized spacial score (nSPS) is 17.3. The smallest absolute Gasteiger partial charge is 0.162 e. The predicted octanol–water partition coefficient (Wildman–Crippen LogP) is 4.98. The zero-order valence-corrected chi connectivity index (χ0v) is 13.1. The van der Waals surface area contributed by atoms with Crippen LogP contribution in [0.15, 0.2) is 12.1 Å². The van der Waals surface area contributed by atoms with Gasteiger partial charge in [0.25, 0.3) is 0 Å². The molecule has 0 aliphatic carbocycles. The summed E-state index contributed by atoms with van der Waals surface area (Å²) in [7, 11) is 0. The molecule has 2 atom stereocenters. The molecule has 1 aliphatic heterocycles. The van der Waals surface area contributed by atoms with Gasteiger partial charge in [0.2, 0.25) is 0 Å². The Kier molecular flexibility index (Phi) is 4.79. The molecule has 2 rings (SSSR count). The van der Waals surface area contributed by atoms with Crippen molar-refractivity contribution in [3.8, 4) is 11.5 Å². The van der Waals surface area contributed by atoms with Gasteiger partial charge in [-0.2, -0.15) is 0 Å². The minimum Gasteiger partial charge on any atom is -0.486 e. The summed E-state index contributed by atoms with van der Waals surface area (Å²) in [5, 5.41) is 0.740. The molecule has 0 spiro atoms. The maximum absolute atomic E-state index is 6.33. The number of benzene rings is 1. The Morgan fingerprint density at radius 2 is 1.89 bits per heavy atom. The summed E-state index contributed by atoms with van der Waals surface area (Å²) >= 11 is 10.1. The Morgan fingerprint density at radius 3 is 2.50 bits per heavy atom. The molecule has 100 valence electrons. The van der Waals surface area contributed by atoms with E-state index in [1.807, 2.05) is 12.1 Å². The molecule has 1 aromatic rings. The first-order valence-corrected chi connectivity index (χ1v) is 7.66. The highest BCUT2D eigenvalue weighted by atomic mass is 79.9. The molecule has 0 bridgehead atoms. The second-order valence-electron chi connectivity index (χ2n) is 4.69. The van der Waals surface area contributed by atoms with Gasteiger partial charge in [-0.15, -0.1) is 0 Å². The van der Waals surface area contributed by atoms with Crippen molar-refractivity contribution in [1.29, 1.82) is 0 Å². The Bertz CT molecular complexity index is 423. The third kappa shape index (κ3) is 2.94. The summed E-state index contributed by atoms with van der Waals surface area (Å²) in [6.45, 7) is 5.62. The summed E-state index contributed by atoms with van der Waals surface area (Å²) in [6, 6.07) is 3.86. The number of halogens is 2. The molecular weight excluding hydrogens is 316 g/mol. The van der Waals surface area contributed by atoms with Crippen molar-refractivity contribution in [2.24, 2.45) is 5.92 Å². The largest absolute Gasteiger partial charge is 0.486 e. The molecule has 0 amide bonds. The number of alkyl halides is 1. The lowest BCUT2D eigenvalue weighted by atomic mass is 9.96. The van der Waals surface area contributed by atoms with Crippen LogP contribution in [-0.4, -0.2) is 13.2 Å². The molecule has 0 N–H and O–H groups in total. The number of ether oxygens (including phenoxy) is 2. The third-order valence-corrected chi connectivity index (χ3v) is 4.93. The quantitative estimate of drug-likeness (QED) is 0.723. The van der Waals surface area contributed by atoms with Gasteiger partial charge in [0, 0.05) is 15.9 Å². The summed E-state index contributed by atoms with van der Waals surface area (Å²) in [5.74, 6) is 2.08. The Labute approximate surface area is 122 Å². The second-order valence-corrected chi connectivity index (χ2v) is 6.08. The third-order valence-electron chi connectivity index (χ3n) is 3.20. The lowest BCUT2D eigenvalue weighted by Crippen LogP contribution is -2.16. The minimum atomic E-state index is 0.251. The molecule has 1 heterocycles. The first kappa shape index (κ1) is 14.0. The molecule has 2 nitrogen and oxygen atoms in total. The van der Waals surface area contributed by atoms with Gasteiger partial charge in [-0.05, 0) is 24.0 Å². The van der Waals surface area contributed by atoms with Crippen molar-refractivity contribution in [2.75, 3.05) is 13.2 Å². The van der Waals surface area contributed by atoms with Crippen molar-refractivity contribution >= 4 is 27.5 Å². The van der Waals surface area contributed by atoms with E-state index >= 15 is 0 Å². The molecule has 1 aromatic carbocycles. The topological polar surface area (TPSA) is 18.5 Å². The summed E-state index contributed by atoms with van der Waals surface area (Å²) in [5.41, 5.74) is 1.09. The van der Waals surface area contributed by atoms with Gasteiger partial charge in [-0.3, -0.25) is 0 Å². The average Bonchev–Trinajstić information content (AvgIpc) is 2.37. The van der Waals surface area contributed by atoms with Gasteiger partial charge >= 0.3 is 0 Å². The van der Waals surface area contributed by atoms with Gasteiger partial charge in [0.15, 0.2) is 11.5 Å². The van der Waals surface area contributed by atoms with E-state index in [4.69, 9.17) is 21.1 Å². The molecule has 0 saturated heterocycles. The Hall–Kier alpha value is -0.410. The van der Waals surface area contributed by atoms with Gasteiger partial charge in [0.05, 0.1) is 0 Å². The van der Waals surface area contributed by atoms with E-state index in [1.165, 1.54) is 12.8 Å². The van der Waals surface area contributed by atoms with Crippen LogP contribution in [0.5, 0.6) is 11.5 Å². The fraction of sp³-hybridized carbons (Fsp3) is 0.571. The highest BCUT2D eigenvalue weighted by Gasteiger charge is 2.22. The lowest BCUT2D eigenvalue weighted by Gasteiger charge is -2.23. The second kappa shape index (κ2) is 6.16. The molecule has 4 heteroatoms. The SMILES string of the molecule is CCCC(C)C(Br)c1cc2c(cc1Cl)OCCO2. The van der Waals surface area contributed by atoms with Crippen LogP contribution < -0.4 is 9.47 Å². The van der Waals surface area contributed by atoms with Crippen molar-refractivity contribution in [2.45, 2.75) is 31.5 Å². The summed E-state index contributed by atoms with van der Waals surface area (Å²) < 4.78 is 11.1. The van der Waals surface area contributed by atoms with Crippen LogP contribution in [0.3, 0.4) is 0 Å². The monoisotopic (exact) mass is 332 g/mol. The first-order valence-electron chi connectivity index (χ1n) is 6.36. The minimum absolute atomic E-state index is 0.251. The van der Waals surface area contributed by atoms with Crippen LogP contribution in [0.1, 0.15) is 37.1 Å². The van der Waals surface area contributed by atoms with Crippen molar-refractivity contribution < 1.29 is 9.47 Å². The van der Waals surface area contributed by atoms with Crippen molar-refractivity contribution in [3.05, 3.63) is 22.7 Å². The summed E-state index contributed by atoms with van der Waals surface area (Å²) in [6.07, 6.45) is 2.34. The van der Waals surface area contributed by atoms with Gasteiger partial charge < -0.3 is 9.47 Å². The van der Waals surface area contributed by atoms with Crippen molar-refractivity contribution in [1.82, 2.24) is 0 Å².